The van der Waals surface area contributed by atoms with E-state index in [4.69, 9.17) is 32.7 Å². The molecule has 0 bridgehead atoms. The molecular formula is C16H23Cl2NO2. The van der Waals surface area contributed by atoms with Gasteiger partial charge in [0.25, 0.3) is 0 Å². The van der Waals surface area contributed by atoms with Gasteiger partial charge in [-0.3, -0.25) is 0 Å². The van der Waals surface area contributed by atoms with Gasteiger partial charge in [0.2, 0.25) is 0 Å². The average molecular weight is 332 g/mol. The van der Waals surface area contributed by atoms with Crippen LogP contribution in [0.5, 0.6) is 5.75 Å². The predicted octanol–water partition coefficient (Wildman–Crippen LogP) is 4.47. The van der Waals surface area contributed by atoms with Crippen molar-refractivity contribution in [3.8, 4) is 5.75 Å². The molecule has 0 saturated carbocycles. The van der Waals surface area contributed by atoms with Crippen molar-refractivity contribution in [3.63, 3.8) is 0 Å². The van der Waals surface area contributed by atoms with Gasteiger partial charge in [-0.25, -0.2) is 0 Å². The smallest absolute Gasteiger partial charge is 0.138 e. The Morgan fingerprint density at radius 1 is 1.38 bits per heavy atom. The number of nitrogens with one attached hydrogen (secondary N) is 1. The predicted molar refractivity (Wildman–Crippen MR) is 87.6 cm³/mol. The standard InChI is InChI=1S/C16H23Cl2NO2/c1-3-6-19-16(11-5-4-7-21-10-11)12-8-14(18)15(20-2)9-13(12)17/h8-9,11,16,19H,3-7,10H2,1-2H3. The number of hydrogen-bond acceptors (Lipinski definition) is 3. The van der Waals surface area contributed by atoms with Crippen LogP contribution in [0.3, 0.4) is 0 Å². The lowest BCUT2D eigenvalue weighted by Crippen LogP contribution is -2.34. The zero-order chi connectivity index (χ0) is 15.2. The summed E-state index contributed by atoms with van der Waals surface area (Å²) in [6.45, 7) is 4.72. The Balaban J connectivity index is 2.28. The van der Waals surface area contributed by atoms with E-state index in [1.54, 1.807) is 13.2 Å². The van der Waals surface area contributed by atoms with E-state index in [-0.39, 0.29) is 6.04 Å². The zero-order valence-corrected chi connectivity index (χ0v) is 14.1. The first-order valence-corrected chi connectivity index (χ1v) is 8.27. The topological polar surface area (TPSA) is 30.5 Å². The van der Waals surface area contributed by atoms with Crippen molar-refractivity contribution >= 4 is 23.2 Å². The fourth-order valence-electron chi connectivity index (χ4n) is 2.80. The Hall–Kier alpha value is -0.480. The van der Waals surface area contributed by atoms with Crippen molar-refractivity contribution in [1.29, 1.82) is 0 Å². The van der Waals surface area contributed by atoms with E-state index < -0.39 is 0 Å². The average Bonchev–Trinajstić information content (AvgIpc) is 2.51. The summed E-state index contributed by atoms with van der Waals surface area (Å²) in [6, 6.07) is 3.88. The van der Waals surface area contributed by atoms with E-state index in [9.17, 15) is 0 Å². The molecule has 0 radical (unpaired) electrons. The van der Waals surface area contributed by atoms with Crippen LogP contribution in [0.15, 0.2) is 12.1 Å². The van der Waals surface area contributed by atoms with Gasteiger partial charge in [-0.05, 0) is 37.4 Å². The van der Waals surface area contributed by atoms with Crippen molar-refractivity contribution in [3.05, 3.63) is 27.7 Å². The summed E-state index contributed by atoms with van der Waals surface area (Å²) in [5, 5.41) is 4.88. The highest BCUT2D eigenvalue weighted by Gasteiger charge is 2.27. The highest BCUT2D eigenvalue weighted by atomic mass is 35.5. The lowest BCUT2D eigenvalue weighted by molar-refractivity contribution is 0.0390. The Bertz CT molecular complexity index is 462. The van der Waals surface area contributed by atoms with Gasteiger partial charge in [-0.2, -0.15) is 0 Å². The maximum atomic E-state index is 6.45. The quantitative estimate of drug-likeness (QED) is 0.834. The largest absolute Gasteiger partial charge is 0.495 e. The highest BCUT2D eigenvalue weighted by molar-refractivity contribution is 6.34. The lowest BCUT2D eigenvalue weighted by Gasteiger charge is -2.32. The summed E-state index contributed by atoms with van der Waals surface area (Å²) in [7, 11) is 1.60. The molecule has 0 spiro atoms. The van der Waals surface area contributed by atoms with E-state index in [0.717, 1.165) is 44.6 Å². The fraction of sp³-hybridized carbons (Fsp3) is 0.625. The van der Waals surface area contributed by atoms with E-state index in [0.29, 0.717) is 21.7 Å². The van der Waals surface area contributed by atoms with Crippen molar-refractivity contribution in [1.82, 2.24) is 5.32 Å². The molecule has 1 aromatic carbocycles. The molecular weight excluding hydrogens is 309 g/mol. The summed E-state index contributed by atoms with van der Waals surface area (Å²) in [5.41, 5.74) is 1.03. The SMILES string of the molecule is CCCNC(c1cc(Cl)c(OC)cc1Cl)C1CCCOC1. The lowest BCUT2D eigenvalue weighted by atomic mass is 9.88. The Labute approximate surface area is 136 Å². The molecule has 3 nitrogen and oxygen atoms in total. The third kappa shape index (κ3) is 4.26. The second-order valence-electron chi connectivity index (χ2n) is 5.42. The number of hydrogen-bond donors (Lipinski definition) is 1. The fourth-order valence-corrected chi connectivity index (χ4v) is 3.32. The first kappa shape index (κ1) is 16.9. The minimum atomic E-state index is 0.168. The van der Waals surface area contributed by atoms with Crippen LogP contribution in [0, 0.1) is 5.92 Å². The van der Waals surface area contributed by atoms with Crippen molar-refractivity contribution < 1.29 is 9.47 Å². The summed E-state index contributed by atoms with van der Waals surface area (Å²) >= 11 is 12.7. The summed E-state index contributed by atoms with van der Waals surface area (Å²) in [4.78, 5) is 0. The molecule has 5 heteroatoms. The molecule has 1 aliphatic rings. The first-order chi connectivity index (χ1) is 10.2. The molecule has 1 N–H and O–H groups in total. The molecule has 0 amide bonds. The Morgan fingerprint density at radius 2 is 2.19 bits per heavy atom. The number of rotatable bonds is 6. The first-order valence-electron chi connectivity index (χ1n) is 7.51. The molecule has 1 aliphatic heterocycles. The van der Waals surface area contributed by atoms with Gasteiger partial charge in [0.05, 0.1) is 18.7 Å². The molecule has 118 valence electrons. The summed E-state index contributed by atoms with van der Waals surface area (Å²) < 4.78 is 10.9. The molecule has 21 heavy (non-hydrogen) atoms. The van der Waals surface area contributed by atoms with Gasteiger partial charge in [0, 0.05) is 29.7 Å². The van der Waals surface area contributed by atoms with Gasteiger partial charge in [-0.15, -0.1) is 0 Å². The van der Waals surface area contributed by atoms with Crippen LogP contribution >= 0.6 is 23.2 Å². The van der Waals surface area contributed by atoms with Crippen molar-refractivity contribution in [2.24, 2.45) is 5.92 Å². The third-order valence-electron chi connectivity index (χ3n) is 3.89. The molecule has 0 aromatic heterocycles. The molecule has 2 atom stereocenters. The van der Waals surface area contributed by atoms with Crippen LogP contribution in [0.4, 0.5) is 0 Å². The van der Waals surface area contributed by atoms with Gasteiger partial charge in [-0.1, -0.05) is 30.1 Å². The maximum absolute atomic E-state index is 6.45. The minimum absolute atomic E-state index is 0.168. The molecule has 1 fully saturated rings. The van der Waals surface area contributed by atoms with Crippen LogP contribution < -0.4 is 10.1 Å². The second kappa shape index (κ2) is 8.23. The third-order valence-corrected chi connectivity index (χ3v) is 4.51. The normalized spacial score (nSPS) is 20.3. The van der Waals surface area contributed by atoms with Crippen molar-refractivity contribution in [2.75, 3.05) is 26.9 Å². The number of halogens is 2. The van der Waals surface area contributed by atoms with E-state index in [1.807, 2.05) is 6.07 Å². The van der Waals surface area contributed by atoms with Gasteiger partial charge in [0.15, 0.2) is 0 Å². The van der Waals surface area contributed by atoms with Crippen molar-refractivity contribution in [2.45, 2.75) is 32.2 Å². The maximum Gasteiger partial charge on any atom is 0.138 e. The molecule has 2 unspecified atom stereocenters. The van der Waals surface area contributed by atoms with Crippen LogP contribution in [0.2, 0.25) is 10.0 Å². The van der Waals surface area contributed by atoms with Crippen LogP contribution in [-0.2, 0) is 4.74 Å². The van der Waals surface area contributed by atoms with E-state index in [1.165, 1.54) is 0 Å². The van der Waals surface area contributed by atoms with E-state index >= 15 is 0 Å². The minimum Gasteiger partial charge on any atom is -0.495 e. The van der Waals surface area contributed by atoms with Gasteiger partial charge in [0.1, 0.15) is 5.75 Å². The zero-order valence-electron chi connectivity index (χ0n) is 12.6. The van der Waals surface area contributed by atoms with Crippen LogP contribution in [0.25, 0.3) is 0 Å². The Kier molecular flexibility index (Phi) is 6.62. The number of ether oxygens (including phenoxy) is 2. The van der Waals surface area contributed by atoms with Gasteiger partial charge >= 0.3 is 0 Å². The van der Waals surface area contributed by atoms with E-state index in [2.05, 4.69) is 12.2 Å². The summed E-state index contributed by atoms with van der Waals surface area (Å²) in [5.74, 6) is 1.03. The molecule has 1 heterocycles. The summed E-state index contributed by atoms with van der Waals surface area (Å²) in [6.07, 6.45) is 3.31. The molecule has 1 saturated heterocycles. The van der Waals surface area contributed by atoms with Crippen LogP contribution in [-0.4, -0.2) is 26.9 Å². The molecule has 0 aliphatic carbocycles. The number of methoxy groups -OCH3 is 1. The molecule has 2 rings (SSSR count). The molecule has 1 aromatic rings. The Morgan fingerprint density at radius 3 is 2.81 bits per heavy atom. The highest BCUT2D eigenvalue weighted by Crippen LogP contribution is 2.38. The monoisotopic (exact) mass is 331 g/mol. The van der Waals surface area contributed by atoms with Gasteiger partial charge < -0.3 is 14.8 Å². The second-order valence-corrected chi connectivity index (χ2v) is 6.23. The number of benzene rings is 1. The van der Waals surface area contributed by atoms with Crippen LogP contribution in [0.1, 0.15) is 37.8 Å².